The van der Waals surface area contributed by atoms with Crippen LogP contribution < -0.4 is 9.80 Å². The molecule has 0 radical (unpaired) electrons. The topological polar surface area (TPSA) is 50.7 Å². The van der Waals surface area contributed by atoms with Crippen molar-refractivity contribution in [1.29, 1.82) is 0 Å². The summed E-state index contributed by atoms with van der Waals surface area (Å²) < 4.78 is 11.0. The van der Waals surface area contributed by atoms with Gasteiger partial charge in [0.15, 0.2) is 0 Å². The molecule has 122 valence electrons. The van der Waals surface area contributed by atoms with E-state index < -0.39 is 0 Å². The van der Waals surface area contributed by atoms with Crippen LogP contribution in [-0.4, -0.2) is 62.6 Å². The van der Waals surface area contributed by atoms with Crippen LogP contribution in [0.25, 0.3) is 0 Å². The normalized spacial score (nSPS) is 26.3. The lowest BCUT2D eigenvalue weighted by Gasteiger charge is -2.35. The van der Waals surface area contributed by atoms with Gasteiger partial charge in [0.2, 0.25) is 0 Å². The van der Waals surface area contributed by atoms with Gasteiger partial charge in [0.05, 0.1) is 12.2 Å². The molecule has 0 unspecified atom stereocenters. The highest BCUT2D eigenvalue weighted by molar-refractivity contribution is 5.50. The van der Waals surface area contributed by atoms with E-state index in [0.717, 1.165) is 63.5 Å². The van der Waals surface area contributed by atoms with Crippen LogP contribution in [0.2, 0.25) is 0 Å². The van der Waals surface area contributed by atoms with Gasteiger partial charge in [-0.3, -0.25) is 0 Å². The monoisotopic (exact) mass is 306 g/mol. The predicted molar refractivity (Wildman–Crippen MR) is 86.5 cm³/mol. The molecule has 6 nitrogen and oxygen atoms in total. The summed E-state index contributed by atoms with van der Waals surface area (Å²) >= 11 is 0. The summed E-state index contributed by atoms with van der Waals surface area (Å²) in [4.78, 5) is 13.5. The van der Waals surface area contributed by atoms with Gasteiger partial charge in [0, 0.05) is 46.5 Å². The molecule has 0 bridgehead atoms. The number of methoxy groups -OCH3 is 2. The third-order valence-electron chi connectivity index (χ3n) is 4.71. The molecule has 2 fully saturated rings. The van der Waals surface area contributed by atoms with Crippen LogP contribution in [0, 0.1) is 0 Å². The van der Waals surface area contributed by atoms with E-state index in [0.29, 0.717) is 12.2 Å². The lowest BCUT2D eigenvalue weighted by atomic mass is 10.1. The Kier molecular flexibility index (Phi) is 5.10. The van der Waals surface area contributed by atoms with Gasteiger partial charge in [0.1, 0.15) is 18.0 Å². The second-order valence-corrected chi connectivity index (χ2v) is 6.13. The van der Waals surface area contributed by atoms with E-state index in [1.165, 1.54) is 0 Å². The maximum atomic E-state index is 5.51. The van der Waals surface area contributed by atoms with Crippen molar-refractivity contribution in [2.45, 2.75) is 37.9 Å². The molecular weight excluding hydrogens is 280 g/mol. The smallest absolute Gasteiger partial charge is 0.134 e. The molecular formula is C16H26N4O2. The maximum Gasteiger partial charge on any atom is 0.134 e. The highest BCUT2D eigenvalue weighted by Gasteiger charge is 2.23. The summed E-state index contributed by atoms with van der Waals surface area (Å²) in [5, 5.41) is 0. The zero-order valence-electron chi connectivity index (χ0n) is 13.6. The molecule has 0 amide bonds. The molecule has 0 aliphatic carbocycles. The van der Waals surface area contributed by atoms with E-state index in [4.69, 9.17) is 9.47 Å². The quantitative estimate of drug-likeness (QED) is 0.844. The number of rotatable bonds is 4. The summed E-state index contributed by atoms with van der Waals surface area (Å²) in [7, 11) is 3.58. The average molecular weight is 306 g/mol. The molecule has 0 aromatic carbocycles. The van der Waals surface area contributed by atoms with Gasteiger partial charge >= 0.3 is 0 Å². The summed E-state index contributed by atoms with van der Waals surface area (Å²) in [6.45, 7) is 3.90. The van der Waals surface area contributed by atoms with Crippen molar-refractivity contribution in [3.05, 3.63) is 12.4 Å². The molecule has 22 heavy (non-hydrogen) atoms. The van der Waals surface area contributed by atoms with Crippen LogP contribution in [0.4, 0.5) is 11.6 Å². The molecule has 0 N–H and O–H groups in total. The number of anilines is 2. The van der Waals surface area contributed by atoms with Crippen molar-refractivity contribution in [2.24, 2.45) is 0 Å². The van der Waals surface area contributed by atoms with E-state index in [1.807, 2.05) is 0 Å². The first-order chi connectivity index (χ1) is 10.8. The minimum absolute atomic E-state index is 0.306. The van der Waals surface area contributed by atoms with Crippen LogP contribution in [0.3, 0.4) is 0 Å². The highest BCUT2D eigenvalue weighted by atomic mass is 16.5. The molecule has 0 spiro atoms. The van der Waals surface area contributed by atoms with Crippen molar-refractivity contribution in [2.75, 3.05) is 50.2 Å². The molecule has 2 atom stereocenters. The molecule has 2 saturated heterocycles. The fraction of sp³-hybridized carbons (Fsp3) is 0.750. The highest BCUT2D eigenvalue weighted by Crippen LogP contribution is 2.24. The van der Waals surface area contributed by atoms with Crippen molar-refractivity contribution >= 4 is 11.6 Å². The van der Waals surface area contributed by atoms with Crippen molar-refractivity contribution in [3.63, 3.8) is 0 Å². The maximum absolute atomic E-state index is 5.51. The molecule has 2 aliphatic rings. The van der Waals surface area contributed by atoms with Crippen LogP contribution in [0.15, 0.2) is 12.4 Å². The Bertz CT molecular complexity index is 446. The third-order valence-corrected chi connectivity index (χ3v) is 4.71. The Morgan fingerprint density at radius 2 is 1.41 bits per heavy atom. The molecule has 2 aliphatic heterocycles. The fourth-order valence-electron chi connectivity index (χ4n) is 3.36. The van der Waals surface area contributed by atoms with E-state index in [9.17, 15) is 0 Å². The van der Waals surface area contributed by atoms with Crippen LogP contribution in [0.5, 0.6) is 0 Å². The number of piperidine rings is 2. The lowest BCUT2D eigenvalue weighted by Crippen LogP contribution is -2.41. The van der Waals surface area contributed by atoms with Gasteiger partial charge in [-0.2, -0.15) is 0 Å². The molecule has 6 heteroatoms. The summed E-state index contributed by atoms with van der Waals surface area (Å²) in [5.41, 5.74) is 0. The van der Waals surface area contributed by atoms with Gasteiger partial charge in [0.25, 0.3) is 0 Å². The Balaban J connectivity index is 1.72. The summed E-state index contributed by atoms with van der Waals surface area (Å²) in [6.07, 6.45) is 6.84. The van der Waals surface area contributed by atoms with Crippen molar-refractivity contribution in [3.8, 4) is 0 Å². The zero-order chi connectivity index (χ0) is 15.4. The largest absolute Gasteiger partial charge is 0.380 e. The molecule has 3 heterocycles. The summed E-state index contributed by atoms with van der Waals surface area (Å²) in [6, 6.07) is 2.11. The second-order valence-electron chi connectivity index (χ2n) is 6.13. The Morgan fingerprint density at radius 1 is 0.909 bits per heavy atom. The van der Waals surface area contributed by atoms with Gasteiger partial charge in [-0.1, -0.05) is 0 Å². The Hall–Kier alpha value is -1.40. The van der Waals surface area contributed by atoms with Gasteiger partial charge in [-0.05, 0) is 25.7 Å². The van der Waals surface area contributed by atoms with Crippen LogP contribution in [-0.2, 0) is 9.47 Å². The van der Waals surface area contributed by atoms with E-state index in [2.05, 4.69) is 25.8 Å². The minimum Gasteiger partial charge on any atom is -0.380 e. The van der Waals surface area contributed by atoms with Crippen LogP contribution in [0.1, 0.15) is 25.7 Å². The number of ether oxygens (including phenoxy) is 2. The first-order valence-electron chi connectivity index (χ1n) is 8.17. The first kappa shape index (κ1) is 15.5. The number of nitrogens with zero attached hydrogens (tertiary/aromatic N) is 4. The predicted octanol–water partition coefficient (Wildman–Crippen LogP) is 1.71. The third kappa shape index (κ3) is 3.50. The van der Waals surface area contributed by atoms with E-state index >= 15 is 0 Å². The number of aromatic nitrogens is 2. The van der Waals surface area contributed by atoms with Crippen LogP contribution >= 0.6 is 0 Å². The van der Waals surface area contributed by atoms with Crippen molar-refractivity contribution < 1.29 is 9.47 Å². The first-order valence-corrected chi connectivity index (χ1v) is 8.17. The Morgan fingerprint density at radius 3 is 1.86 bits per heavy atom. The fourth-order valence-corrected chi connectivity index (χ4v) is 3.36. The lowest BCUT2D eigenvalue weighted by molar-refractivity contribution is 0.0888. The second kappa shape index (κ2) is 7.24. The molecule has 1 aromatic rings. The molecule has 1 aromatic heterocycles. The van der Waals surface area contributed by atoms with E-state index in [1.54, 1.807) is 20.5 Å². The van der Waals surface area contributed by atoms with Gasteiger partial charge in [-0.15, -0.1) is 0 Å². The number of hydrogen-bond donors (Lipinski definition) is 0. The van der Waals surface area contributed by atoms with Gasteiger partial charge < -0.3 is 19.3 Å². The van der Waals surface area contributed by atoms with Gasteiger partial charge in [-0.25, -0.2) is 9.97 Å². The Labute approximate surface area is 132 Å². The van der Waals surface area contributed by atoms with E-state index in [-0.39, 0.29) is 0 Å². The minimum atomic E-state index is 0.306. The summed E-state index contributed by atoms with van der Waals surface area (Å²) in [5.74, 6) is 2.01. The molecule has 0 saturated carbocycles. The molecule has 3 rings (SSSR count). The SMILES string of the molecule is CO[C@@H]1CCCN(c2cc(N3CCC[C@H](OC)C3)ncn2)C1. The standard InChI is InChI=1S/C16H26N4O2/c1-21-13-5-3-7-19(10-13)15-9-16(18-12-17-15)20-8-4-6-14(11-20)22-2/h9,12-14H,3-8,10-11H2,1-2H3/t13-,14+. The van der Waals surface area contributed by atoms with Crippen molar-refractivity contribution in [1.82, 2.24) is 9.97 Å². The zero-order valence-corrected chi connectivity index (χ0v) is 13.6. The average Bonchev–Trinajstić information content (AvgIpc) is 2.62. The number of hydrogen-bond acceptors (Lipinski definition) is 6.